The standard InChI is InChI=1S/C19H17N3S2/c1-2-9-23-14-4-5-16-15(11-14)17(7-8-20-16)22-13-3-6-19-18(10-13)21-12-24-19/h3-8,10-12H,2,9H2,1H3,(H,20,22). The highest BCUT2D eigenvalue weighted by molar-refractivity contribution is 7.99. The van der Waals surface area contributed by atoms with Crippen LogP contribution in [0.3, 0.4) is 0 Å². The lowest BCUT2D eigenvalue weighted by atomic mass is 10.2. The van der Waals surface area contributed by atoms with Gasteiger partial charge in [-0.25, -0.2) is 4.98 Å². The van der Waals surface area contributed by atoms with E-state index in [0.717, 1.165) is 33.5 Å². The van der Waals surface area contributed by atoms with Crippen molar-refractivity contribution in [1.29, 1.82) is 0 Å². The summed E-state index contributed by atoms with van der Waals surface area (Å²) in [5.41, 5.74) is 6.05. The summed E-state index contributed by atoms with van der Waals surface area (Å²) in [6, 6.07) is 14.8. The maximum Gasteiger partial charge on any atom is 0.0832 e. The average molecular weight is 352 g/mol. The minimum Gasteiger partial charge on any atom is -0.355 e. The van der Waals surface area contributed by atoms with Crippen LogP contribution in [0, 0.1) is 0 Å². The molecular weight excluding hydrogens is 334 g/mol. The second-order valence-corrected chi connectivity index (χ2v) is 7.60. The Hall–Kier alpha value is -2.11. The van der Waals surface area contributed by atoms with Gasteiger partial charge in [0.1, 0.15) is 0 Å². The summed E-state index contributed by atoms with van der Waals surface area (Å²) in [6.07, 6.45) is 3.03. The van der Waals surface area contributed by atoms with Crippen molar-refractivity contribution >= 4 is 55.6 Å². The van der Waals surface area contributed by atoms with Crippen molar-refractivity contribution in [3.05, 3.63) is 54.2 Å². The summed E-state index contributed by atoms with van der Waals surface area (Å²) >= 11 is 3.55. The van der Waals surface area contributed by atoms with Crippen LogP contribution >= 0.6 is 23.1 Å². The third-order valence-electron chi connectivity index (χ3n) is 3.80. The Kier molecular flexibility index (Phi) is 4.36. The molecule has 4 rings (SSSR count). The molecule has 0 aliphatic heterocycles. The van der Waals surface area contributed by atoms with Crippen molar-refractivity contribution in [3.8, 4) is 0 Å². The van der Waals surface area contributed by atoms with Gasteiger partial charge < -0.3 is 5.32 Å². The number of pyridine rings is 1. The molecule has 1 N–H and O–H groups in total. The van der Waals surface area contributed by atoms with Crippen LogP contribution in [0.15, 0.2) is 59.1 Å². The van der Waals surface area contributed by atoms with Crippen molar-refractivity contribution in [2.45, 2.75) is 18.2 Å². The lowest BCUT2D eigenvalue weighted by Crippen LogP contribution is -1.93. The highest BCUT2D eigenvalue weighted by atomic mass is 32.2. The van der Waals surface area contributed by atoms with Gasteiger partial charge in [-0.15, -0.1) is 23.1 Å². The number of nitrogens with zero attached hydrogens (tertiary/aromatic N) is 2. The molecule has 0 saturated heterocycles. The molecule has 0 spiro atoms. The van der Waals surface area contributed by atoms with E-state index in [2.05, 4.69) is 58.6 Å². The van der Waals surface area contributed by atoms with Gasteiger partial charge >= 0.3 is 0 Å². The molecule has 5 heteroatoms. The fourth-order valence-electron chi connectivity index (χ4n) is 2.64. The summed E-state index contributed by atoms with van der Waals surface area (Å²) in [6.45, 7) is 2.21. The Morgan fingerprint density at radius 1 is 1.04 bits per heavy atom. The van der Waals surface area contributed by atoms with E-state index in [1.165, 1.54) is 16.0 Å². The maximum absolute atomic E-state index is 4.49. The highest BCUT2D eigenvalue weighted by Crippen LogP contribution is 2.30. The first-order valence-corrected chi connectivity index (χ1v) is 9.82. The number of hydrogen-bond donors (Lipinski definition) is 1. The van der Waals surface area contributed by atoms with Gasteiger partial charge in [-0.1, -0.05) is 6.92 Å². The van der Waals surface area contributed by atoms with Gasteiger partial charge in [0.05, 0.1) is 21.2 Å². The molecule has 120 valence electrons. The van der Waals surface area contributed by atoms with Gasteiger partial charge in [-0.2, -0.15) is 0 Å². The molecule has 0 amide bonds. The van der Waals surface area contributed by atoms with E-state index in [1.54, 1.807) is 11.3 Å². The van der Waals surface area contributed by atoms with Crippen LogP contribution in [-0.2, 0) is 0 Å². The molecule has 3 nitrogen and oxygen atoms in total. The molecule has 0 bridgehead atoms. The normalized spacial score (nSPS) is 11.2. The lowest BCUT2D eigenvalue weighted by molar-refractivity contribution is 1.10. The SMILES string of the molecule is CCCSc1ccc2nccc(Nc3ccc4scnc4c3)c2c1. The van der Waals surface area contributed by atoms with Crippen molar-refractivity contribution in [1.82, 2.24) is 9.97 Å². The molecule has 2 aromatic carbocycles. The molecule has 0 saturated carbocycles. The van der Waals surface area contributed by atoms with Crippen LogP contribution < -0.4 is 5.32 Å². The summed E-state index contributed by atoms with van der Waals surface area (Å²) in [4.78, 5) is 10.2. The predicted molar refractivity (Wildman–Crippen MR) is 106 cm³/mol. The topological polar surface area (TPSA) is 37.8 Å². The number of thioether (sulfide) groups is 1. The van der Waals surface area contributed by atoms with Crippen LogP contribution in [0.2, 0.25) is 0 Å². The monoisotopic (exact) mass is 351 g/mol. The second-order valence-electron chi connectivity index (χ2n) is 5.55. The first-order valence-electron chi connectivity index (χ1n) is 7.95. The third-order valence-corrected chi connectivity index (χ3v) is 5.80. The molecule has 0 unspecified atom stereocenters. The zero-order valence-corrected chi connectivity index (χ0v) is 15.0. The Labute approximate surface area is 149 Å². The summed E-state index contributed by atoms with van der Waals surface area (Å²) in [5.74, 6) is 1.13. The van der Waals surface area contributed by atoms with Crippen LogP contribution in [0.4, 0.5) is 11.4 Å². The van der Waals surface area contributed by atoms with Gasteiger partial charge in [-0.05, 0) is 54.6 Å². The van der Waals surface area contributed by atoms with Crippen molar-refractivity contribution < 1.29 is 0 Å². The maximum atomic E-state index is 4.49. The van der Waals surface area contributed by atoms with Crippen LogP contribution in [-0.4, -0.2) is 15.7 Å². The van der Waals surface area contributed by atoms with E-state index in [1.807, 2.05) is 29.5 Å². The zero-order valence-electron chi connectivity index (χ0n) is 13.3. The molecule has 4 aromatic rings. The van der Waals surface area contributed by atoms with Crippen molar-refractivity contribution in [2.75, 3.05) is 11.1 Å². The van der Waals surface area contributed by atoms with E-state index in [9.17, 15) is 0 Å². The number of fused-ring (bicyclic) bond motifs is 2. The van der Waals surface area contributed by atoms with Crippen LogP contribution in [0.5, 0.6) is 0 Å². The van der Waals surface area contributed by atoms with E-state index < -0.39 is 0 Å². The van der Waals surface area contributed by atoms with Crippen molar-refractivity contribution in [2.24, 2.45) is 0 Å². The van der Waals surface area contributed by atoms with Crippen LogP contribution in [0.1, 0.15) is 13.3 Å². The molecule has 2 heterocycles. The van der Waals surface area contributed by atoms with Crippen LogP contribution in [0.25, 0.3) is 21.1 Å². The summed E-state index contributed by atoms with van der Waals surface area (Å²) in [7, 11) is 0. The zero-order chi connectivity index (χ0) is 16.4. The fourth-order valence-corrected chi connectivity index (χ4v) is 4.10. The molecule has 0 radical (unpaired) electrons. The number of rotatable bonds is 5. The average Bonchev–Trinajstić information content (AvgIpc) is 3.08. The molecule has 0 atom stereocenters. The Balaban J connectivity index is 1.71. The van der Waals surface area contributed by atoms with E-state index in [4.69, 9.17) is 0 Å². The van der Waals surface area contributed by atoms with E-state index in [0.29, 0.717) is 0 Å². The van der Waals surface area contributed by atoms with Gasteiger partial charge in [0.25, 0.3) is 0 Å². The molecule has 0 fully saturated rings. The number of hydrogen-bond acceptors (Lipinski definition) is 5. The van der Waals surface area contributed by atoms with Gasteiger partial charge in [0.2, 0.25) is 0 Å². The molecular formula is C19H17N3S2. The first kappa shape index (κ1) is 15.4. The number of aromatic nitrogens is 2. The second kappa shape index (κ2) is 6.79. The van der Waals surface area contributed by atoms with Gasteiger partial charge in [-0.3, -0.25) is 4.98 Å². The molecule has 24 heavy (non-hydrogen) atoms. The molecule has 0 aliphatic carbocycles. The van der Waals surface area contributed by atoms with E-state index in [-0.39, 0.29) is 0 Å². The number of thiazole rings is 1. The predicted octanol–water partition coefficient (Wildman–Crippen LogP) is 6.09. The Morgan fingerprint density at radius 2 is 2.00 bits per heavy atom. The fraction of sp³-hybridized carbons (Fsp3) is 0.158. The van der Waals surface area contributed by atoms with E-state index >= 15 is 0 Å². The van der Waals surface area contributed by atoms with Gasteiger partial charge in [0, 0.05) is 27.9 Å². The third kappa shape index (κ3) is 3.09. The van der Waals surface area contributed by atoms with Gasteiger partial charge in [0.15, 0.2) is 0 Å². The van der Waals surface area contributed by atoms with Crippen molar-refractivity contribution in [3.63, 3.8) is 0 Å². The Morgan fingerprint density at radius 3 is 2.92 bits per heavy atom. The number of anilines is 2. The Bertz CT molecular complexity index is 994. The number of nitrogens with one attached hydrogen (secondary N) is 1. The highest BCUT2D eigenvalue weighted by Gasteiger charge is 2.06. The minimum absolute atomic E-state index is 1.01. The minimum atomic E-state index is 1.01. The summed E-state index contributed by atoms with van der Waals surface area (Å²) in [5, 5.41) is 4.68. The summed E-state index contributed by atoms with van der Waals surface area (Å²) < 4.78 is 1.21. The lowest BCUT2D eigenvalue weighted by Gasteiger charge is -2.11. The smallest absolute Gasteiger partial charge is 0.0832 e. The molecule has 0 aliphatic rings. The largest absolute Gasteiger partial charge is 0.355 e. The number of benzene rings is 2. The molecule has 2 aromatic heterocycles. The quantitative estimate of drug-likeness (QED) is 0.441. The first-order chi connectivity index (χ1) is 11.8.